The van der Waals surface area contributed by atoms with Crippen LogP contribution in [0.15, 0.2) is 89.0 Å². The average molecular weight is 680 g/mol. The van der Waals surface area contributed by atoms with Gasteiger partial charge in [0.1, 0.15) is 11.9 Å². The molecule has 2 aromatic heterocycles. The van der Waals surface area contributed by atoms with Gasteiger partial charge < -0.3 is 30.2 Å². The van der Waals surface area contributed by atoms with Crippen LogP contribution in [0.2, 0.25) is 0 Å². The molecule has 262 valence electrons. The van der Waals surface area contributed by atoms with E-state index in [-0.39, 0.29) is 23.8 Å². The van der Waals surface area contributed by atoms with Gasteiger partial charge in [-0.3, -0.25) is 19.6 Å². The minimum Gasteiger partial charge on any atom is -0.453 e. The zero-order valence-corrected chi connectivity index (χ0v) is 29.1. The van der Waals surface area contributed by atoms with Crippen LogP contribution in [-0.4, -0.2) is 89.0 Å². The van der Waals surface area contributed by atoms with Gasteiger partial charge in [0.05, 0.1) is 43.3 Å². The molecule has 2 atom stereocenters. The molecule has 2 aromatic carbocycles. The maximum Gasteiger partial charge on any atom is 0.407 e. The lowest BCUT2D eigenvalue weighted by Gasteiger charge is -2.30. The number of amides is 3. The number of carbonyl (C=O) groups is 3. The molecule has 3 amide bonds. The Morgan fingerprint density at radius 1 is 1.04 bits per heavy atom. The SMILES string of the molecule is C=N/C=C(\C=NC)CNC(C)=O.COC(=O)NC(C(=O)N1CCCC1c1ncc(-c2ccc(-c3ccc(-c4cnc[nH]4)cc3)cc2)[nH]1)C(C)C. The van der Waals surface area contributed by atoms with E-state index >= 15 is 0 Å². The number of hydrogen-bond donors (Lipinski definition) is 4. The van der Waals surface area contributed by atoms with E-state index in [1.54, 1.807) is 25.8 Å². The third kappa shape index (κ3) is 9.84. The van der Waals surface area contributed by atoms with Crippen molar-refractivity contribution in [2.75, 3.05) is 27.2 Å². The number of methoxy groups -OCH3 is 1. The predicted octanol–water partition coefficient (Wildman–Crippen LogP) is 5.59. The smallest absolute Gasteiger partial charge is 0.407 e. The molecule has 0 spiro atoms. The fraction of sp³-hybridized carbons (Fsp3) is 0.324. The molecule has 1 fully saturated rings. The van der Waals surface area contributed by atoms with E-state index in [1.807, 2.05) is 31.1 Å². The summed E-state index contributed by atoms with van der Waals surface area (Å²) in [5.74, 6) is 0.489. The largest absolute Gasteiger partial charge is 0.453 e. The number of nitrogens with zero attached hydrogens (tertiary/aromatic N) is 5. The lowest BCUT2D eigenvalue weighted by Crippen LogP contribution is -2.51. The van der Waals surface area contributed by atoms with Crippen molar-refractivity contribution >= 4 is 30.8 Å². The van der Waals surface area contributed by atoms with Gasteiger partial charge in [-0.1, -0.05) is 62.4 Å². The molecule has 1 aliphatic heterocycles. The molecule has 1 aliphatic rings. The number of alkyl carbamates (subject to hydrolysis) is 1. The van der Waals surface area contributed by atoms with E-state index < -0.39 is 12.1 Å². The lowest BCUT2D eigenvalue weighted by molar-refractivity contribution is -0.135. The van der Waals surface area contributed by atoms with Crippen LogP contribution in [0.3, 0.4) is 0 Å². The maximum absolute atomic E-state index is 13.4. The maximum atomic E-state index is 13.4. The second-order valence-electron chi connectivity index (χ2n) is 12.0. The Bertz CT molecular complexity index is 1780. The first-order chi connectivity index (χ1) is 24.1. The standard InChI is InChI=1S/C29H32N6O3.C8H13N3O/c1-18(2)26(34-29(37)38-3)28(36)35-14-4-5-25(35)27-31-16-24(33-27)22-12-8-20(9-13-22)19-6-10-21(11-7-19)23-15-30-17-32-23;1-7(12)11-6-8(4-9-2)5-10-3/h6-13,15-18,25-26H,4-5,14H2,1-3H3,(H,30,32)(H,31,33)(H,34,37);4-5H,2,6H2,1,3H3,(H,11,12)/b;8-4+,10-5?. The number of hydrogen-bond acceptors (Lipinski definition) is 8. The third-order valence-corrected chi connectivity index (χ3v) is 8.16. The molecule has 2 unspecified atom stereocenters. The monoisotopic (exact) mass is 679 g/mol. The molecule has 4 aromatic rings. The Balaban J connectivity index is 0.000000402. The molecule has 5 rings (SSSR count). The lowest BCUT2D eigenvalue weighted by atomic mass is 10.0. The van der Waals surface area contributed by atoms with Crippen LogP contribution in [0.5, 0.6) is 0 Å². The van der Waals surface area contributed by atoms with Gasteiger partial charge >= 0.3 is 6.09 Å². The third-order valence-electron chi connectivity index (χ3n) is 8.16. The van der Waals surface area contributed by atoms with Crippen molar-refractivity contribution < 1.29 is 19.1 Å². The zero-order chi connectivity index (χ0) is 36.0. The first-order valence-corrected chi connectivity index (χ1v) is 16.4. The van der Waals surface area contributed by atoms with Crippen molar-refractivity contribution in [3.8, 4) is 33.6 Å². The molecule has 0 radical (unpaired) electrons. The number of rotatable bonds is 11. The van der Waals surface area contributed by atoms with Crippen LogP contribution in [0.4, 0.5) is 4.79 Å². The Kier molecular flexibility index (Phi) is 13.4. The van der Waals surface area contributed by atoms with Crippen LogP contribution in [-0.2, 0) is 14.3 Å². The molecular weight excluding hydrogens is 634 g/mol. The highest BCUT2D eigenvalue weighted by molar-refractivity contribution is 5.86. The summed E-state index contributed by atoms with van der Waals surface area (Å²) in [6.07, 6.45) is 9.58. The van der Waals surface area contributed by atoms with Gasteiger partial charge in [-0.15, -0.1) is 0 Å². The van der Waals surface area contributed by atoms with Crippen LogP contribution >= 0.6 is 0 Å². The Hall–Kier alpha value is -5.85. The fourth-order valence-corrected chi connectivity index (χ4v) is 5.58. The molecule has 0 bridgehead atoms. The minimum absolute atomic E-state index is 0.0739. The number of aromatic nitrogens is 4. The van der Waals surface area contributed by atoms with Gasteiger partial charge in [0.25, 0.3) is 0 Å². The van der Waals surface area contributed by atoms with Gasteiger partial charge in [0.2, 0.25) is 11.8 Å². The van der Waals surface area contributed by atoms with E-state index in [1.165, 1.54) is 14.0 Å². The number of nitrogens with one attached hydrogen (secondary N) is 4. The summed E-state index contributed by atoms with van der Waals surface area (Å²) in [5, 5.41) is 5.32. The Morgan fingerprint density at radius 2 is 1.68 bits per heavy atom. The number of benzene rings is 2. The molecule has 1 saturated heterocycles. The number of imidazole rings is 2. The summed E-state index contributed by atoms with van der Waals surface area (Å²) in [5.41, 5.74) is 7.07. The van der Waals surface area contributed by atoms with E-state index in [2.05, 4.69) is 95.8 Å². The van der Waals surface area contributed by atoms with Crippen molar-refractivity contribution in [2.45, 2.75) is 45.7 Å². The van der Waals surface area contributed by atoms with Gasteiger partial charge in [0.15, 0.2) is 0 Å². The number of aliphatic imine (C=N–C) groups is 2. The highest BCUT2D eigenvalue weighted by atomic mass is 16.5. The number of ether oxygens (including phenoxy) is 1. The fourth-order valence-electron chi connectivity index (χ4n) is 5.58. The molecular formula is C37H45N9O4. The first-order valence-electron chi connectivity index (χ1n) is 16.4. The molecule has 13 heteroatoms. The number of H-pyrrole nitrogens is 2. The van der Waals surface area contributed by atoms with Crippen LogP contribution in [0, 0.1) is 5.92 Å². The second kappa shape index (κ2) is 18.1. The zero-order valence-electron chi connectivity index (χ0n) is 29.1. The van der Waals surface area contributed by atoms with Gasteiger partial charge in [0, 0.05) is 45.0 Å². The highest BCUT2D eigenvalue weighted by Gasteiger charge is 2.37. The summed E-state index contributed by atoms with van der Waals surface area (Å²) in [7, 11) is 2.95. The quantitative estimate of drug-likeness (QED) is 0.151. The molecule has 3 heterocycles. The second-order valence-corrected chi connectivity index (χ2v) is 12.0. The number of carbonyl (C=O) groups excluding carboxylic acids is 3. The predicted molar refractivity (Wildman–Crippen MR) is 196 cm³/mol. The first kappa shape index (κ1) is 37.0. The minimum atomic E-state index is -0.654. The summed E-state index contributed by atoms with van der Waals surface area (Å²) >= 11 is 0. The summed E-state index contributed by atoms with van der Waals surface area (Å²) in [6, 6.07) is 15.9. The molecule has 50 heavy (non-hydrogen) atoms. The van der Waals surface area contributed by atoms with E-state index in [4.69, 9.17) is 4.74 Å². The molecule has 0 saturated carbocycles. The Morgan fingerprint density at radius 3 is 2.22 bits per heavy atom. The topological polar surface area (TPSA) is 170 Å². The van der Waals surface area contributed by atoms with Gasteiger partial charge in [-0.05, 0) is 47.7 Å². The molecule has 4 N–H and O–H groups in total. The van der Waals surface area contributed by atoms with E-state index in [9.17, 15) is 14.4 Å². The van der Waals surface area contributed by atoms with Crippen LogP contribution < -0.4 is 10.6 Å². The molecule has 13 nitrogen and oxygen atoms in total. The van der Waals surface area contributed by atoms with Gasteiger partial charge in [-0.2, -0.15) is 0 Å². The molecule has 0 aliphatic carbocycles. The summed E-state index contributed by atoms with van der Waals surface area (Å²) in [6.45, 7) is 9.65. The van der Waals surface area contributed by atoms with E-state index in [0.717, 1.165) is 57.9 Å². The normalized spacial score (nSPS) is 15.0. The average Bonchev–Trinajstić information content (AvgIpc) is 3.92. The summed E-state index contributed by atoms with van der Waals surface area (Å²) in [4.78, 5) is 60.2. The highest BCUT2D eigenvalue weighted by Crippen LogP contribution is 2.33. The van der Waals surface area contributed by atoms with Crippen molar-refractivity contribution in [1.82, 2.24) is 35.5 Å². The Labute approximate surface area is 292 Å². The number of aromatic amines is 2. The summed E-state index contributed by atoms with van der Waals surface area (Å²) < 4.78 is 4.72. The van der Waals surface area contributed by atoms with Crippen molar-refractivity contribution in [2.24, 2.45) is 15.9 Å². The van der Waals surface area contributed by atoms with Crippen LogP contribution in [0.1, 0.15) is 45.5 Å². The van der Waals surface area contributed by atoms with Crippen molar-refractivity contribution in [3.05, 3.63) is 84.8 Å². The van der Waals surface area contributed by atoms with Gasteiger partial charge in [-0.25, -0.2) is 14.8 Å². The van der Waals surface area contributed by atoms with Crippen LogP contribution in [0.25, 0.3) is 33.6 Å². The van der Waals surface area contributed by atoms with E-state index in [0.29, 0.717) is 13.1 Å². The van der Waals surface area contributed by atoms with Crippen molar-refractivity contribution in [1.29, 1.82) is 0 Å². The van der Waals surface area contributed by atoms with Crippen molar-refractivity contribution in [3.63, 3.8) is 0 Å². The number of likely N-dealkylation sites (tertiary alicyclic amines) is 1.